The van der Waals surface area contributed by atoms with Crippen LogP contribution in [0.3, 0.4) is 0 Å². The van der Waals surface area contributed by atoms with Crippen molar-refractivity contribution in [3.05, 3.63) is 54.2 Å². The van der Waals surface area contributed by atoms with E-state index in [-0.39, 0.29) is 11.9 Å². The molecule has 0 saturated carbocycles. The molecule has 0 bridgehead atoms. The van der Waals surface area contributed by atoms with Crippen LogP contribution in [0.25, 0.3) is 10.9 Å². The lowest BCUT2D eigenvalue weighted by atomic mass is 9.98. The third-order valence-corrected chi connectivity index (χ3v) is 4.60. The van der Waals surface area contributed by atoms with Crippen LogP contribution >= 0.6 is 0 Å². The number of benzene rings is 1. The molecule has 1 aromatic carbocycles. The lowest BCUT2D eigenvalue weighted by Gasteiger charge is -2.23. The summed E-state index contributed by atoms with van der Waals surface area (Å²) in [5.41, 5.74) is 3.61. The molecule has 0 aliphatic carbocycles. The Morgan fingerprint density at radius 3 is 3.17 bits per heavy atom. The largest absolute Gasteiger partial charge is 0.357 e. The summed E-state index contributed by atoms with van der Waals surface area (Å²) in [6.45, 7) is 2.25. The van der Waals surface area contributed by atoms with Gasteiger partial charge in [-0.3, -0.25) is 10.1 Å². The lowest BCUT2D eigenvalue weighted by molar-refractivity contribution is -0.123. The first-order valence-corrected chi connectivity index (χ1v) is 8.36. The Morgan fingerprint density at radius 2 is 2.29 bits per heavy atom. The Bertz CT molecular complexity index is 836. The van der Waals surface area contributed by atoms with E-state index in [4.69, 9.17) is 0 Å². The second kappa shape index (κ2) is 6.49. The number of H-pyrrole nitrogens is 1. The second-order valence-electron chi connectivity index (χ2n) is 6.21. The topological polar surface area (TPSA) is 74.7 Å². The number of nitrogens with one attached hydrogen (secondary N) is 3. The van der Waals surface area contributed by atoms with Crippen LogP contribution in [0.2, 0.25) is 0 Å². The fourth-order valence-electron chi connectivity index (χ4n) is 3.34. The molecule has 6 nitrogen and oxygen atoms in total. The standard InChI is InChI=1S/C18H21N5O/c24-18(20-6-3-8-23-9-7-19-12-23)16-10-14-13-4-1-2-5-15(13)22-17(14)11-21-16/h1-2,4-5,7,9,12,16,21-22H,3,6,8,10-11H2,(H,20,24)/t16-/m0/s1. The third-order valence-electron chi connectivity index (χ3n) is 4.60. The Balaban J connectivity index is 1.34. The number of aromatic nitrogens is 3. The summed E-state index contributed by atoms with van der Waals surface area (Å²) in [5.74, 6) is 0.0802. The highest BCUT2D eigenvalue weighted by Gasteiger charge is 2.26. The van der Waals surface area contributed by atoms with Gasteiger partial charge in [0.25, 0.3) is 0 Å². The van der Waals surface area contributed by atoms with Gasteiger partial charge in [0.1, 0.15) is 0 Å². The molecule has 1 aliphatic heterocycles. The zero-order valence-electron chi connectivity index (χ0n) is 13.5. The molecular formula is C18H21N5O. The first-order chi connectivity index (χ1) is 11.8. The fourth-order valence-corrected chi connectivity index (χ4v) is 3.34. The van der Waals surface area contributed by atoms with Crippen molar-refractivity contribution < 1.29 is 4.79 Å². The summed E-state index contributed by atoms with van der Waals surface area (Å²) in [6, 6.07) is 8.12. The van der Waals surface area contributed by atoms with Crippen molar-refractivity contribution >= 4 is 16.8 Å². The number of aromatic amines is 1. The number of hydrogen-bond donors (Lipinski definition) is 3. The minimum Gasteiger partial charge on any atom is -0.357 e. The van der Waals surface area contributed by atoms with Gasteiger partial charge in [0.05, 0.1) is 12.4 Å². The van der Waals surface area contributed by atoms with E-state index in [2.05, 4.69) is 32.7 Å². The number of amides is 1. The number of rotatable bonds is 5. The van der Waals surface area contributed by atoms with E-state index in [1.807, 2.05) is 22.9 Å². The van der Waals surface area contributed by atoms with Gasteiger partial charge in [0, 0.05) is 48.6 Å². The monoisotopic (exact) mass is 323 g/mol. The van der Waals surface area contributed by atoms with E-state index in [1.165, 1.54) is 16.6 Å². The van der Waals surface area contributed by atoms with Crippen molar-refractivity contribution in [2.75, 3.05) is 6.54 Å². The van der Waals surface area contributed by atoms with Crippen molar-refractivity contribution in [2.45, 2.75) is 32.0 Å². The van der Waals surface area contributed by atoms with E-state index in [0.29, 0.717) is 13.1 Å². The number of para-hydroxylation sites is 1. The lowest BCUT2D eigenvalue weighted by Crippen LogP contribution is -2.47. The molecular weight excluding hydrogens is 302 g/mol. The molecule has 3 N–H and O–H groups in total. The number of carbonyl (C=O) groups excluding carboxylic acids is 1. The minimum atomic E-state index is -0.162. The number of nitrogens with zero attached hydrogens (tertiary/aromatic N) is 2. The molecule has 0 unspecified atom stereocenters. The highest BCUT2D eigenvalue weighted by Crippen LogP contribution is 2.26. The van der Waals surface area contributed by atoms with Crippen LogP contribution in [-0.2, 0) is 24.3 Å². The summed E-state index contributed by atoms with van der Waals surface area (Å²) in [4.78, 5) is 19.9. The van der Waals surface area contributed by atoms with Crippen molar-refractivity contribution in [1.82, 2.24) is 25.2 Å². The van der Waals surface area contributed by atoms with Crippen LogP contribution in [0.15, 0.2) is 43.0 Å². The molecule has 0 radical (unpaired) electrons. The summed E-state index contributed by atoms with van der Waals surface area (Å²) in [6.07, 6.45) is 7.12. The zero-order valence-corrected chi connectivity index (χ0v) is 13.5. The van der Waals surface area contributed by atoms with Crippen molar-refractivity contribution in [1.29, 1.82) is 0 Å². The third kappa shape index (κ3) is 2.92. The van der Waals surface area contributed by atoms with Gasteiger partial charge in [-0.05, 0) is 24.5 Å². The van der Waals surface area contributed by atoms with Gasteiger partial charge in [-0.2, -0.15) is 0 Å². The molecule has 3 heterocycles. The molecule has 3 aromatic rings. The van der Waals surface area contributed by atoms with Crippen LogP contribution in [0, 0.1) is 0 Å². The van der Waals surface area contributed by atoms with E-state index < -0.39 is 0 Å². The van der Waals surface area contributed by atoms with Gasteiger partial charge in [-0.1, -0.05) is 18.2 Å². The molecule has 6 heteroatoms. The highest BCUT2D eigenvalue weighted by atomic mass is 16.2. The van der Waals surface area contributed by atoms with Gasteiger partial charge < -0.3 is 14.9 Å². The Labute approximate surface area is 140 Å². The second-order valence-corrected chi connectivity index (χ2v) is 6.21. The maximum atomic E-state index is 12.4. The normalized spacial score (nSPS) is 16.9. The minimum absolute atomic E-state index is 0.0802. The van der Waals surface area contributed by atoms with Crippen LogP contribution < -0.4 is 10.6 Å². The van der Waals surface area contributed by atoms with Crippen molar-refractivity contribution in [3.8, 4) is 0 Å². The van der Waals surface area contributed by atoms with Gasteiger partial charge in [-0.25, -0.2) is 4.98 Å². The van der Waals surface area contributed by atoms with Gasteiger partial charge >= 0.3 is 0 Å². The average Bonchev–Trinajstić information content (AvgIpc) is 3.25. The number of hydrogen-bond acceptors (Lipinski definition) is 3. The average molecular weight is 323 g/mol. The maximum Gasteiger partial charge on any atom is 0.237 e. The molecule has 0 spiro atoms. The smallest absolute Gasteiger partial charge is 0.237 e. The molecule has 124 valence electrons. The Kier molecular flexibility index (Phi) is 4.04. The van der Waals surface area contributed by atoms with Crippen LogP contribution in [0.5, 0.6) is 0 Å². The van der Waals surface area contributed by atoms with E-state index in [0.717, 1.165) is 24.9 Å². The summed E-state index contributed by atoms with van der Waals surface area (Å²) >= 11 is 0. The van der Waals surface area contributed by atoms with Gasteiger partial charge in [0.2, 0.25) is 5.91 Å². The van der Waals surface area contributed by atoms with E-state index in [1.54, 1.807) is 12.5 Å². The Morgan fingerprint density at radius 1 is 1.38 bits per heavy atom. The zero-order chi connectivity index (χ0) is 16.4. The highest BCUT2D eigenvalue weighted by molar-refractivity contribution is 5.88. The molecule has 1 atom stereocenters. The van der Waals surface area contributed by atoms with Crippen molar-refractivity contribution in [3.63, 3.8) is 0 Å². The molecule has 4 rings (SSSR count). The number of aryl methyl sites for hydroxylation is 1. The summed E-state index contributed by atoms with van der Waals surface area (Å²) in [7, 11) is 0. The van der Waals surface area contributed by atoms with Gasteiger partial charge in [-0.15, -0.1) is 0 Å². The predicted octanol–water partition coefficient (Wildman–Crippen LogP) is 1.59. The van der Waals surface area contributed by atoms with Crippen LogP contribution in [0.4, 0.5) is 0 Å². The predicted molar refractivity (Wildman–Crippen MR) is 92.5 cm³/mol. The number of carbonyl (C=O) groups is 1. The molecule has 1 amide bonds. The molecule has 1 aliphatic rings. The maximum absolute atomic E-state index is 12.4. The molecule has 0 fully saturated rings. The molecule has 2 aromatic heterocycles. The first-order valence-electron chi connectivity index (χ1n) is 8.36. The Hall–Kier alpha value is -2.60. The number of imidazole rings is 1. The summed E-state index contributed by atoms with van der Waals surface area (Å²) in [5, 5.41) is 7.60. The molecule has 24 heavy (non-hydrogen) atoms. The summed E-state index contributed by atoms with van der Waals surface area (Å²) < 4.78 is 2.02. The van der Waals surface area contributed by atoms with Gasteiger partial charge in [0.15, 0.2) is 0 Å². The quantitative estimate of drug-likeness (QED) is 0.624. The van der Waals surface area contributed by atoms with Crippen LogP contribution in [-0.4, -0.2) is 33.0 Å². The van der Waals surface area contributed by atoms with Crippen molar-refractivity contribution in [2.24, 2.45) is 0 Å². The first kappa shape index (κ1) is 15.0. The fraction of sp³-hybridized carbons (Fsp3) is 0.333. The van der Waals surface area contributed by atoms with E-state index >= 15 is 0 Å². The van der Waals surface area contributed by atoms with Crippen LogP contribution in [0.1, 0.15) is 17.7 Å². The number of fused-ring (bicyclic) bond motifs is 3. The molecule has 0 saturated heterocycles. The van der Waals surface area contributed by atoms with E-state index in [9.17, 15) is 4.79 Å². The SMILES string of the molecule is O=C(NCCCn1ccnc1)[C@@H]1Cc2c([nH]c3ccccc23)CN1.